The number of nitrogens with two attached hydrogens (primary N) is 2. The average Bonchev–Trinajstić information content (AvgIpc) is 3.36. The molecule has 0 radical (unpaired) electrons. The van der Waals surface area contributed by atoms with Crippen LogP contribution < -0.4 is 16.2 Å². The number of carbonyl (C=O) groups is 2. The van der Waals surface area contributed by atoms with Crippen LogP contribution in [0.1, 0.15) is 41.6 Å². The van der Waals surface area contributed by atoms with Crippen LogP contribution in [0.15, 0.2) is 48.5 Å². The summed E-state index contributed by atoms with van der Waals surface area (Å²) >= 11 is 0. The number of rotatable bonds is 4. The standard InChI is InChI=1S/C14H13NO2.C6H10O2.C4H7NO/c1-10-5-7-12(8-6-10)17-13-4-2-3-11(9-13)14(15)16;1-3-7-6-2-4-8-5(1)6;5-4(6)3-1-2-3/h2-9H,1H3,(H2,15,16);5-6H,1-4H2;3H,1-2H2,(H2,5,6). The lowest BCUT2D eigenvalue weighted by molar-refractivity contribution is -0.119. The smallest absolute Gasteiger partial charge is 0.248 e. The highest BCUT2D eigenvalue weighted by Gasteiger charge is 2.33. The van der Waals surface area contributed by atoms with E-state index in [2.05, 4.69) is 0 Å². The van der Waals surface area contributed by atoms with Gasteiger partial charge in [-0.1, -0.05) is 23.8 Å². The van der Waals surface area contributed by atoms with Crippen molar-refractivity contribution in [2.45, 2.75) is 44.8 Å². The SMILES string of the molecule is C1CC2OCCC2O1.Cc1ccc(Oc2cccc(C(N)=O)c2)cc1.NC(=O)C1CC1. The minimum Gasteiger partial charge on any atom is -0.457 e. The summed E-state index contributed by atoms with van der Waals surface area (Å²) < 4.78 is 16.3. The van der Waals surface area contributed by atoms with Crippen LogP contribution in [-0.4, -0.2) is 37.2 Å². The molecular formula is C24H30N2O5. The first-order chi connectivity index (χ1) is 14.9. The van der Waals surface area contributed by atoms with Crippen LogP contribution in [-0.2, 0) is 14.3 Å². The molecule has 0 bridgehead atoms. The van der Waals surface area contributed by atoms with Crippen LogP contribution >= 0.6 is 0 Å². The molecule has 2 aliphatic heterocycles. The van der Waals surface area contributed by atoms with Gasteiger partial charge in [0.05, 0.1) is 12.2 Å². The second-order valence-corrected chi connectivity index (χ2v) is 7.88. The largest absolute Gasteiger partial charge is 0.457 e. The van der Waals surface area contributed by atoms with Crippen molar-refractivity contribution in [3.05, 3.63) is 59.7 Å². The highest BCUT2D eigenvalue weighted by molar-refractivity contribution is 5.93. The summed E-state index contributed by atoms with van der Waals surface area (Å²) in [5.41, 5.74) is 11.7. The van der Waals surface area contributed by atoms with E-state index in [1.165, 1.54) is 5.56 Å². The molecule has 31 heavy (non-hydrogen) atoms. The van der Waals surface area contributed by atoms with Gasteiger partial charge in [-0.25, -0.2) is 0 Å². The molecule has 4 N–H and O–H groups in total. The lowest BCUT2D eigenvalue weighted by Gasteiger charge is -2.06. The maximum absolute atomic E-state index is 11.0. The zero-order chi connectivity index (χ0) is 22.2. The fraction of sp³-hybridized carbons (Fsp3) is 0.417. The molecule has 2 heterocycles. The highest BCUT2D eigenvalue weighted by atomic mass is 16.6. The second kappa shape index (κ2) is 10.9. The van der Waals surface area contributed by atoms with Crippen LogP contribution in [0.5, 0.6) is 11.5 Å². The Hall–Kier alpha value is -2.90. The topological polar surface area (TPSA) is 114 Å². The van der Waals surface area contributed by atoms with E-state index in [4.69, 9.17) is 25.7 Å². The Morgan fingerprint density at radius 3 is 1.97 bits per heavy atom. The molecular weight excluding hydrogens is 396 g/mol. The molecule has 2 amide bonds. The molecule has 2 aromatic rings. The number of hydrogen-bond donors (Lipinski definition) is 2. The number of carbonyl (C=O) groups excluding carboxylic acids is 2. The van der Waals surface area contributed by atoms with Gasteiger partial charge >= 0.3 is 0 Å². The van der Waals surface area contributed by atoms with Crippen molar-refractivity contribution in [3.63, 3.8) is 0 Å². The number of ether oxygens (including phenoxy) is 3. The Balaban J connectivity index is 0.000000158. The van der Waals surface area contributed by atoms with Crippen molar-refractivity contribution in [2.75, 3.05) is 13.2 Å². The van der Waals surface area contributed by atoms with E-state index in [9.17, 15) is 9.59 Å². The van der Waals surface area contributed by atoms with Gasteiger partial charge in [0.25, 0.3) is 0 Å². The monoisotopic (exact) mass is 426 g/mol. The molecule has 166 valence electrons. The van der Waals surface area contributed by atoms with Crippen molar-refractivity contribution in [2.24, 2.45) is 17.4 Å². The molecule has 0 aromatic heterocycles. The summed E-state index contributed by atoms with van der Waals surface area (Å²) in [6.07, 6.45) is 5.19. The number of primary amides is 2. The van der Waals surface area contributed by atoms with E-state index >= 15 is 0 Å². The first-order valence-corrected chi connectivity index (χ1v) is 10.6. The van der Waals surface area contributed by atoms with Crippen LogP contribution in [0.4, 0.5) is 0 Å². The first-order valence-electron chi connectivity index (χ1n) is 10.6. The number of fused-ring (bicyclic) bond motifs is 1. The molecule has 2 atom stereocenters. The van der Waals surface area contributed by atoms with E-state index in [1.54, 1.807) is 24.3 Å². The van der Waals surface area contributed by atoms with Gasteiger partial charge in [0.15, 0.2) is 0 Å². The van der Waals surface area contributed by atoms with Crippen LogP contribution in [0.25, 0.3) is 0 Å². The zero-order valence-corrected chi connectivity index (χ0v) is 17.8. The first kappa shape index (κ1) is 22.8. The Morgan fingerprint density at radius 1 is 0.871 bits per heavy atom. The molecule has 7 heteroatoms. The summed E-state index contributed by atoms with van der Waals surface area (Å²) in [7, 11) is 0. The fourth-order valence-electron chi connectivity index (χ4n) is 3.25. The van der Waals surface area contributed by atoms with Gasteiger partial charge in [-0.05, 0) is 62.9 Å². The molecule has 0 spiro atoms. The van der Waals surface area contributed by atoms with E-state index in [0.717, 1.165) is 44.6 Å². The van der Waals surface area contributed by atoms with Gasteiger partial charge in [-0.15, -0.1) is 0 Å². The van der Waals surface area contributed by atoms with Gasteiger partial charge in [-0.2, -0.15) is 0 Å². The third-order valence-corrected chi connectivity index (χ3v) is 5.24. The minimum absolute atomic E-state index is 0.130. The Bertz CT molecular complexity index is 860. The lowest BCUT2D eigenvalue weighted by Crippen LogP contribution is -2.13. The predicted octanol–water partition coefficient (Wildman–Crippen LogP) is 3.33. The quantitative estimate of drug-likeness (QED) is 0.778. The summed E-state index contributed by atoms with van der Waals surface area (Å²) in [6.45, 7) is 3.84. The Labute approximate surface area is 182 Å². The van der Waals surface area contributed by atoms with E-state index in [1.807, 2.05) is 31.2 Å². The van der Waals surface area contributed by atoms with Crippen molar-refractivity contribution < 1.29 is 23.8 Å². The third-order valence-electron chi connectivity index (χ3n) is 5.24. The number of benzene rings is 2. The van der Waals surface area contributed by atoms with Crippen LogP contribution in [0.3, 0.4) is 0 Å². The molecule has 7 nitrogen and oxygen atoms in total. The predicted molar refractivity (Wildman–Crippen MR) is 117 cm³/mol. The van der Waals surface area contributed by atoms with E-state index in [-0.39, 0.29) is 11.8 Å². The highest BCUT2D eigenvalue weighted by Crippen LogP contribution is 2.27. The maximum atomic E-state index is 11.0. The van der Waals surface area contributed by atoms with Gasteiger partial charge < -0.3 is 25.7 Å². The Kier molecular flexibility index (Phi) is 8.03. The minimum atomic E-state index is -0.459. The van der Waals surface area contributed by atoms with Crippen molar-refractivity contribution in [3.8, 4) is 11.5 Å². The van der Waals surface area contributed by atoms with E-state index in [0.29, 0.717) is 23.5 Å². The van der Waals surface area contributed by atoms with Crippen LogP contribution in [0.2, 0.25) is 0 Å². The molecule has 1 aliphatic carbocycles. The van der Waals surface area contributed by atoms with Gasteiger partial charge in [-0.3, -0.25) is 9.59 Å². The number of hydrogen-bond acceptors (Lipinski definition) is 5. The van der Waals surface area contributed by atoms with Gasteiger partial charge in [0.1, 0.15) is 11.5 Å². The van der Waals surface area contributed by atoms with Crippen molar-refractivity contribution >= 4 is 11.8 Å². The zero-order valence-electron chi connectivity index (χ0n) is 17.8. The van der Waals surface area contributed by atoms with Gasteiger partial charge in [0.2, 0.25) is 11.8 Å². The van der Waals surface area contributed by atoms with Crippen molar-refractivity contribution in [1.82, 2.24) is 0 Å². The molecule has 2 aromatic carbocycles. The molecule has 3 aliphatic rings. The third kappa shape index (κ3) is 7.38. The maximum Gasteiger partial charge on any atom is 0.248 e. The molecule has 1 saturated carbocycles. The summed E-state index contributed by atoms with van der Waals surface area (Å²) in [5, 5.41) is 0. The van der Waals surface area contributed by atoms with Crippen molar-refractivity contribution in [1.29, 1.82) is 0 Å². The molecule has 5 rings (SSSR count). The summed E-state index contributed by atoms with van der Waals surface area (Å²) in [6, 6.07) is 14.5. The fourth-order valence-corrected chi connectivity index (χ4v) is 3.25. The second-order valence-electron chi connectivity index (χ2n) is 7.88. The average molecular weight is 427 g/mol. The number of amides is 2. The normalized spacial score (nSPS) is 21.1. The van der Waals surface area contributed by atoms with E-state index < -0.39 is 5.91 Å². The molecule has 2 saturated heterocycles. The lowest BCUT2D eigenvalue weighted by atomic mass is 10.2. The summed E-state index contributed by atoms with van der Waals surface area (Å²) in [5.74, 6) is 0.988. The molecule has 3 fully saturated rings. The Morgan fingerprint density at radius 2 is 1.48 bits per heavy atom. The molecule has 2 unspecified atom stereocenters. The van der Waals surface area contributed by atoms with Crippen LogP contribution in [0, 0.1) is 12.8 Å². The van der Waals surface area contributed by atoms with Gasteiger partial charge in [0, 0.05) is 24.7 Å². The number of aryl methyl sites for hydroxylation is 1. The summed E-state index contributed by atoms with van der Waals surface area (Å²) in [4.78, 5) is 21.0.